The second kappa shape index (κ2) is 5.90. The van der Waals surface area contributed by atoms with E-state index in [0.717, 1.165) is 10.2 Å². The molecule has 108 valence electrons. The predicted octanol–water partition coefficient (Wildman–Crippen LogP) is 2.29. The monoisotopic (exact) mass is 366 g/mol. The molecule has 6 nitrogen and oxygen atoms in total. The average Bonchev–Trinajstić information content (AvgIpc) is 3.09. The molecule has 1 aliphatic rings. The summed E-state index contributed by atoms with van der Waals surface area (Å²) in [5.74, 6) is -0.612. The zero-order chi connectivity index (χ0) is 14.8. The van der Waals surface area contributed by atoms with Crippen molar-refractivity contribution in [3.63, 3.8) is 0 Å². The van der Waals surface area contributed by atoms with Crippen molar-refractivity contribution < 1.29 is 9.59 Å². The minimum atomic E-state index is -0.370. The summed E-state index contributed by atoms with van der Waals surface area (Å²) in [6.45, 7) is 0.380. The summed E-state index contributed by atoms with van der Waals surface area (Å²) in [5, 5.41) is 10.6. The summed E-state index contributed by atoms with van der Waals surface area (Å²) in [7, 11) is 0. The van der Waals surface area contributed by atoms with E-state index in [1.165, 1.54) is 11.3 Å². The van der Waals surface area contributed by atoms with Crippen molar-refractivity contribution >= 4 is 49.9 Å². The van der Waals surface area contributed by atoms with Gasteiger partial charge in [0.05, 0.1) is 5.92 Å². The van der Waals surface area contributed by atoms with E-state index in [1.807, 2.05) is 24.3 Å². The van der Waals surface area contributed by atoms with Gasteiger partial charge in [-0.25, -0.2) is 0 Å². The van der Waals surface area contributed by atoms with Crippen LogP contribution in [0.3, 0.4) is 0 Å². The number of aromatic nitrogens is 2. The lowest BCUT2D eigenvalue weighted by molar-refractivity contribution is -0.122. The molecule has 0 spiro atoms. The summed E-state index contributed by atoms with van der Waals surface area (Å²) in [6.07, 6.45) is 0.209. The molecular weight excluding hydrogens is 356 g/mol. The maximum Gasteiger partial charge on any atom is 0.231 e. The smallest absolute Gasteiger partial charge is 0.231 e. The second-order valence-corrected chi connectivity index (χ2v) is 6.36. The Kier molecular flexibility index (Phi) is 3.98. The summed E-state index contributed by atoms with van der Waals surface area (Å²) in [4.78, 5) is 25.9. The van der Waals surface area contributed by atoms with Gasteiger partial charge >= 0.3 is 0 Å². The van der Waals surface area contributed by atoms with Crippen LogP contribution in [0.2, 0.25) is 0 Å². The largest absolute Gasteiger partial charge is 0.312 e. The molecule has 1 aliphatic heterocycles. The fraction of sp³-hybridized carbons (Fsp3) is 0.231. The lowest BCUT2D eigenvalue weighted by atomic mass is 10.1. The topological polar surface area (TPSA) is 75.2 Å². The van der Waals surface area contributed by atoms with Crippen LogP contribution in [0.5, 0.6) is 0 Å². The molecule has 0 saturated carbocycles. The molecule has 8 heteroatoms. The fourth-order valence-electron chi connectivity index (χ4n) is 2.19. The van der Waals surface area contributed by atoms with Crippen molar-refractivity contribution in [2.24, 2.45) is 5.92 Å². The maximum atomic E-state index is 12.1. The van der Waals surface area contributed by atoms with Crippen LogP contribution in [-0.4, -0.2) is 28.6 Å². The molecule has 1 aromatic carbocycles. The molecule has 3 rings (SSSR count). The third kappa shape index (κ3) is 3.11. The second-order valence-electron chi connectivity index (χ2n) is 4.61. The highest BCUT2D eigenvalue weighted by Crippen LogP contribution is 2.27. The molecule has 0 bridgehead atoms. The van der Waals surface area contributed by atoms with E-state index in [2.05, 4.69) is 31.4 Å². The van der Waals surface area contributed by atoms with Crippen molar-refractivity contribution in [2.45, 2.75) is 6.42 Å². The van der Waals surface area contributed by atoms with Gasteiger partial charge in [0.2, 0.25) is 16.9 Å². The van der Waals surface area contributed by atoms with E-state index in [-0.39, 0.29) is 24.2 Å². The molecule has 1 atom stereocenters. The van der Waals surface area contributed by atoms with Crippen LogP contribution in [0, 0.1) is 5.92 Å². The van der Waals surface area contributed by atoms with E-state index in [1.54, 1.807) is 10.4 Å². The number of carbonyl (C=O) groups excluding carboxylic acids is 2. The number of nitrogens with one attached hydrogen (secondary N) is 1. The van der Waals surface area contributed by atoms with Gasteiger partial charge in [-0.1, -0.05) is 27.3 Å². The number of hydrogen-bond acceptors (Lipinski definition) is 5. The number of rotatable bonds is 3. The minimum Gasteiger partial charge on any atom is -0.312 e. The van der Waals surface area contributed by atoms with Gasteiger partial charge in [0.15, 0.2) is 0 Å². The van der Waals surface area contributed by atoms with E-state index < -0.39 is 0 Å². The first-order valence-corrected chi connectivity index (χ1v) is 7.94. The van der Waals surface area contributed by atoms with Crippen molar-refractivity contribution in [3.8, 4) is 0 Å². The average molecular weight is 367 g/mol. The Labute approximate surface area is 133 Å². The molecule has 1 saturated heterocycles. The van der Waals surface area contributed by atoms with Gasteiger partial charge in [-0.15, -0.1) is 10.2 Å². The van der Waals surface area contributed by atoms with Gasteiger partial charge in [-0.3, -0.25) is 9.59 Å². The van der Waals surface area contributed by atoms with Crippen molar-refractivity contribution in [2.75, 3.05) is 16.8 Å². The van der Waals surface area contributed by atoms with Crippen LogP contribution in [0.4, 0.5) is 10.8 Å². The van der Waals surface area contributed by atoms with Crippen molar-refractivity contribution in [1.82, 2.24) is 10.2 Å². The molecule has 0 aliphatic carbocycles. The number of nitrogens with zero attached hydrogens (tertiary/aromatic N) is 3. The molecule has 1 fully saturated rings. The molecule has 1 aromatic heterocycles. The Morgan fingerprint density at radius 3 is 2.81 bits per heavy atom. The summed E-state index contributed by atoms with van der Waals surface area (Å²) in [6, 6.07) is 7.45. The number of halogens is 1. The Morgan fingerprint density at radius 2 is 2.14 bits per heavy atom. The number of anilines is 2. The SMILES string of the molecule is O=C(Nc1nncs1)[C@H]1CC(=O)N(c2ccc(Br)cc2)C1. The molecule has 0 radical (unpaired) electrons. The van der Waals surface area contributed by atoms with Gasteiger partial charge in [0.1, 0.15) is 5.51 Å². The standard InChI is InChI=1S/C13H11BrN4O2S/c14-9-1-3-10(4-2-9)18-6-8(5-11(18)19)12(20)16-13-17-15-7-21-13/h1-4,7-8H,5-6H2,(H,16,17,20)/t8-/m0/s1. The van der Waals surface area contributed by atoms with E-state index >= 15 is 0 Å². The number of carbonyl (C=O) groups is 2. The van der Waals surface area contributed by atoms with Crippen LogP contribution in [-0.2, 0) is 9.59 Å². The number of amides is 2. The number of benzene rings is 1. The maximum absolute atomic E-state index is 12.1. The lowest BCUT2D eigenvalue weighted by Gasteiger charge is -2.16. The minimum absolute atomic E-state index is 0.0465. The van der Waals surface area contributed by atoms with Crippen LogP contribution in [0.25, 0.3) is 0 Å². The molecule has 2 amide bonds. The highest BCUT2D eigenvalue weighted by atomic mass is 79.9. The predicted molar refractivity (Wildman–Crippen MR) is 83.1 cm³/mol. The van der Waals surface area contributed by atoms with E-state index in [9.17, 15) is 9.59 Å². The number of hydrogen-bond donors (Lipinski definition) is 1. The molecule has 1 N–H and O–H groups in total. The Morgan fingerprint density at radius 1 is 1.38 bits per heavy atom. The fourth-order valence-corrected chi connectivity index (χ4v) is 2.90. The summed E-state index contributed by atoms with van der Waals surface area (Å²) >= 11 is 4.61. The van der Waals surface area contributed by atoms with E-state index in [0.29, 0.717) is 11.7 Å². The van der Waals surface area contributed by atoms with Crippen LogP contribution in [0.15, 0.2) is 34.2 Å². The van der Waals surface area contributed by atoms with Gasteiger partial charge in [-0.05, 0) is 24.3 Å². The molecule has 0 unspecified atom stereocenters. The van der Waals surface area contributed by atoms with Gasteiger partial charge < -0.3 is 10.2 Å². The van der Waals surface area contributed by atoms with E-state index in [4.69, 9.17) is 0 Å². The normalized spacial score (nSPS) is 18.0. The van der Waals surface area contributed by atoms with Crippen LogP contribution >= 0.6 is 27.3 Å². The molecular formula is C13H11BrN4O2S. The third-order valence-corrected chi connectivity index (χ3v) is 4.36. The molecule has 2 aromatic rings. The Hall–Kier alpha value is -1.80. The summed E-state index contributed by atoms with van der Waals surface area (Å²) in [5.41, 5.74) is 2.35. The van der Waals surface area contributed by atoms with Gasteiger partial charge in [0, 0.05) is 23.1 Å². The first-order valence-electron chi connectivity index (χ1n) is 6.26. The van der Waals surface area contributed by atoms with Gasteiger partial charge in [0.25, 0.3) is 0 Å². The summed E-state index contributed by atoms with van der Waals surface area (Å²) < 4.78 is 0.948. The quantitative estimate of drug-likeness (QED) is 0.903. The Balaban J connectivity index is 1.69. The highest BCUT2D eigenvalue weighted by molar-refractivity contribution is 9.10. The lowest BCUT2D eigenvalue weighted by Crippen LogP contribution is -2.28. The van der Waals surface area contributed by atoms with Crippen LogP contribution in [0.1, 0.15) is 6.42 Å². The zero-order valence-corrected chi connectivity index (χ0v) is 13.2. The highest BCUT2D eigenvalue weighted by Gasteiger charge is 2.35. The van der Waals surface area contributed by atoms with Crippen molar-refractivity contribution in [3.05, 3.63) is 34.2 Å². The Bertz CT molecular complexity index is 659. The van der Waals surface area contributed by atoms with Crippen LogP contribution < -0.4 is 10.2 Å². The van der Waals surface area contributed by atoms with Crippen molar-refractivity contribution in [1.29, 1.82) is 0 Å². The zero-order valence-electron chi connectivity index (χ0n) is 10.8. The van der Waals surface area contributed by atoms with Gasteiger partial charge in [-0.2, -0.15) is 0 Å². The molecule has 2 heterocycles. The first kappa shape index (κ1) is 14.2. The first-order chi connectivity index (χ1) is 10.1. The molecule has 21 heavy (non-hydrogen) atoms. The third-order valence-electron chi connectivity index (χ3n) is 3.22.